The first-order valence-electron chi connectivity index (χ1n) is 4.87. The molecule has 1 aromatic carbocycles. The summed E-state index contributed by atoms with van der Waals surface area (Å²) in [6.45, 7) is 0. The van der Waals surface area contributed by atoms with Crippen molar-refractivity contribution in [2.45, 2.75) is 0 Å². The fourth-order valence-corrected chi connectivity index (χ4v) is 1.39. The van der Waals surface area contributed by atoms with Crippen molar-refractivity contribution in [3.63, 3.8) is 0 Å². The van der Waals surface area contributed by atoms with Gasteiger partial charge in [0.2, 0.25) is 0 Å². The Morgan fingerprint density at radius 1 is 1.12 bits per heavy atom. The van der Waals surface area contributed by atoms with Gasteiger partial charge in [0.25, 0.3) is 5.91 Å². The Hall–Kier alpha value is -1.95. The molecule has 1 aromatic rings. The summed E-state index contributed by atoms with van der Waals surface area (Å²) in [6.07, 6.45) is 0. The summed E-state index contributed by atoms with van der Waals surface area (Å²) in [5, 5.41) is 0.965. The summed E-state index contributed by atoms with van der Waals surface area (Å²) in [7, 11) is 5.89. The Bertz CT molecular complexity index is 393. The number of amides is 1. The van der Waals surface area contributed by atoms with Crippen molar-refractivity contribution in [3.8, 4) is 17.2 Å². The van der Waals surface area contributed by atoms with Crippen molar-refractivity contribution < 1.29 is 19.0 Å². The maximum absolute atomic E-state index is 11.9. The second kappa shape index (κ2) is 5.40. The molecule has 0 saturated heterocycles. The third kappa shape index (κ3) is 2.59. The molecule has 0 aromatic heterocycles. The monoisotopic (exact) mass is 240 g/mol. The minimum Gasteiger partial charge on any atom is -0.496 e. The molecule has 1 rings (SSSR count). The van der Waals surface area contributed by atoms with Gasteiger partial charge >= 0.3 is 0 Å². The Balaban J connectivity index is 3.39. The zero-order valence-electron chi connectivity index (χ0n) is 10.3. The number of carbonyl (C=O) groups excluding carboxylic acids is 1. The van der Waals surface area contributed by atoms with Gasteiger partial charge in [-0.15, -0.1) is 0 Å². The number of nitrogens with zero attached hydrogens (tertiary/aromatic N) is 1. The Morgan fingerprint density at radius 3 is 1.88 bits per heavy atom. The summed E-state index contributed by atoms with van der Waals surface area (Å²) in [4.78, 5) is 11.9. The van der Waals surface area contributed by atoms with Crippen LogP contribution in [0, 0.1) is 0 Å². The van der Waals surface area contributed by atoms with E-state index in [0.717, 1.165) is 5.01 Å². The van der Waals surface area contributed by atoms with Gasteiger partial charge in [-0.1, -0.05) is 0 Å². The van der Waals surface area contributed by atoms with E-state index in [1.807, 2.05) is 0 Å². The van der Waals surface area contributed by atoms with Gasteiger partial charge < -0.3 is 14.2 Å². The second-order valence-electron chi connectivity index (χ2n) is 3.32. The molecule has 0 aliphatic carbocycles. The lowest BCUT2D eigenvalue weighted by Crippen LogP contribution is -2.33. The van der Waals surface area contributed by atoms with E-state index >= 15 is 0 Å². The summed E-state index contributed by atoms with van der Waals surface area (Å²) in [5.41, 5.74) is 0.265. The van der Waals surface area contributed by atoms with Crippen molar-refractivity contribution in [1.29, 1.82) is 0 Å². The van der Waals surface area contributed by atoms with Gasteiger partial charge in [-0.05, 0) is 0 Å². The lowest BCUT2D eigenvalue weighted by Gasteiger charge is -2.17. The highest BCUT2D eigenvalue weighted by Gasteiger charge is 2.21. The third-order valence-corrected chi connectivity index (χ3v) is 2.25. The number of hydrogen-bond acceptors (Lipinski definition) is 5. The molecular weight excluding hydrogens is 224 g/mol. The van der Waals surface area contributed by atoms with E-state index in [2.05, 4.69) is 0 Å². The van der Waals surface area contributed by atoms with Gasteiger partial charge in [0.1, 0.15) is 22.8 Å². The topological polar surface area (TPSA) is 74.0 Å². The summed E-state index contributed by atoms with van der Waals surface area (Å²) in [5.74, 6) is 6.26. The van der Waals surface area contributed by atoms with Crippen LogP contribution in [0.15, 0.2) is 12.1 Å². The number of ether oxygens (including phenoxy) is 3. The van der Waals surface area contributed by atoms with Gasteiger partial charge in [0, 0.05) is 19.2 Å². The number of benzene rings is 1. The maximum atomic E-state index is 11.9. The molecule has 94 valence electrons. The molecule has 0 unspecified atom stereocenters. The Labute approximate surface area is 99.8 Å². The van der Waals surface area contributed by atoms with Crippen LogP contribution < -0.4 is 20.1 Å². The smallest absolute Gasteiger partial charge is 0.275 e. The molecule has 0 atom stereocenters. The number of carbonyl (C=O) groups is 1. The second-order valence-corrected chi connectivity index (χ2v) is 3.32. The number of methoxy groups -OCH3 is 3. The normalized spacial score (nSPS) is 9.71. The van der Waals surface area contributed by atoms with Gasteiger partial charge in [0.15, 0.2) is 0 Å². The molecule has 6 nitrogen and oxygen atoms in total. The Morgan fingerprint density at radius 2 is 1.59 bits per heavy atom. The molecule has 0 spiro atoms. The molecule has 0 radical (unpaired) electrons. The summed E-state index contributed by atoms with van der Waals surface area (Å²) >= 11 is 0. The van der Waals surface area contributed by atoms with Crippen molar-refractivity contribution in [1.82, 2.24) is 5.01 Å². The fraction of sp³-hybridized carbons (Fsp3) is 0.364. The van der Waals surface area contributed by atoms with Gasteiger partial charge in [0.05, 0.1) is 21.3 Å². The zero-order chi connectivity index (χ0) is 13.0. The quantitative estimate of drug-likeness (QED) is 0.475. The minimum atomic E-state index is -0.402. The molecular formula is C11H16N2O4. The third-order valence-electron chi connectivity index (χ3n) is 2.25. The minimum absolute atomic E-state index is 0.265. The van der Waals surface area contributed by atoms with Crippen LogP contribution in [0.3, 0.4) is 0 Å². The van der Waals surface area contributed by atoms with E-state index in [-0.39, 0.29) is 5.56 Å². The predicted octanol–water partition coefficient (Wildman–Crippen LogP) is 0.658. The van der Waals surface area contributed by atoms with Gasteiger partial charge in [-0.25, -0.2) is 5.84 Å². The average Bonchev–Trinajstić information content (AvgIpc) is 2.35. The van der Waals surface area contributed by atoms with E-state index in [1.165, 1.54) is 28.4 Å². The molecule has 0 fully saturated rings. The van der Waals surface area contributed by atoms with E-state index < -0.39 is 5.91 Å². The van der Waals surface area contributed by atoms with Crippen molar-refractivity contribution >= 4 is 5.91 Å². The highest BCUT2D eigenvalue weighted by molar-refractivity contribution is 5.99. The maximum Gasteiger partial charge on any atom is 0.275 e. The highest BCUT2D eigenvalue weighted by atomic mass is 16.5. The average molecular weight is 240 g/mol. The standard InChI is InChI=1S/C11H16N2O4/c1-13(12)11(14)10-8(16-3)5-7(15-2)6-9(10)17-4/h5-6H,12H2,1-4H3. The molecule has 0 aliphatic rings. The SMILES string of the molecule is COc1cc(OC)c(C(=O)N(C)N)c(OC)c1. The van der Waals surface area contributed by atoms with Crippen LogP contribution in [0.25, 0.3) is 0 Å². The first kappa shape index (κ1) is 13.1. The summed E-state index contributed by atoms with van der Waals surface area (Å²) < 4.78 is 15.4. The van der Waals surface area contributed by atoms with E-state index in [4.69, 9.17) is 20.1 Å². The Kier molecular flexibility index (Phi) is 4.17. The largest absolute Gasteiger partial charge is 0.496 e. The molecule has 0 saturated carbocycles. The number of rotatable bonds is 4. The molecule has 17 heavy (non-hydrogen) atoms. The first-order valence-corrected chi connectivity index (χ1v) is 4.87. The lowest BCUT2D eigenvalue weighted by atomic mass is 10.1. The van der Waals surface area contributed by atoms with E-state index in [1.54, 1.807) is 12.1 Å². The van der Waals surface area contributed by atoms with E-state index in [0.29, 0.717) is 17.2 Å². The van der Waals surface area contributed by atoms with Crippen LogP contribution in [0.4, 0.5) is 0 Å². The van der Waals surface area contributed by atoms with Gasteiger partial charge in [-0.2, -0.15) is 0 Å². The first-order chi connectivity index (χ1) is 8.04. The van der Waals surface area contributed by atoms with Crippen LogP contribution in [0.1, 0.15) is 10.4 Å². The lowest BCUT2D eigenvalue weighted by molar-refractivity contribution is 0.0788. The number of hydrogen-bond donors (Lipinski definition) is 1. The van der Waals surface area contributed by atoms with Crippen molar-refractivity contribution in [2.75, 3.05) is 28.4 Å². The summed E-state index contributed by atoms with van der Waals surface area (Å²) in [6, 6.07) is 3.19. The van der Waals surface area contributed by atoms with Crippen LogP contribution in [0.5, 0.6) is 17.2 Å². The molecule has 0 heterocycles. The van der Waals surface area contributed by atoms with Crippen LogP contribution in [-0.2, 0) is 0 Å². The zero-order valence-corrected chi connectivity index (χ0v) is 10.3. The highest BCUT2D eigenvalue weighted by Crippen LogP contribution is 2.34. The number of nitrogens with two attached hydrogens (primary N) is 1. The molecule has 2 N–H and O–H groups in total. The van der Waals surface area contributed by atoms with Crippen LogP contribution in [0.2, 0.25) is 0 Å². The van der Waals surface area contributed by atoms with E-state index in [9.17, 15) is 4.79 Å². The van der Waals surface area contributed by atoms with Crippen molar-refractivity contribution in [3.05, 3.63) is 17.7 Å². The van der Waals surface area contributed by atoms with Crippen LogP contribution in [-0.4, -0.2) is 39.3 Å². The molecule has 6 heteroatoms. The van der Waals surface area contributed by atoms with Crippen LogP contribution >= 0.6 is 0 Å². The fourth-order valence-electron chi connectivity index (χ4n) is 1.39. The predicted molar refractivity (Wildman–Crippen MR) is 62.4 cm³/mol. The van der Waals surface area contributed by atoms with Crippen molar-refractivity contribution in [2.24, 2.45) is 5.84 Å². The van der Waals surface area contributed by atoms with Gasteiger partial charge in [-0.3, -0.25) is 9.80 Å². The molecule has 1 amide bonds. The molecule has 0 bridgehead atoms. The number of hydrazine groups is 1. The molecule has 0 aliphatic heterocycles.